The first kappa shape index (κ1) is 19.6. The number of hydrogen-bond donors (Lipinski definition) is 2. The minimum atomic E-state index is -1.03. The molecule has 0 saturated carbocycles. The van der Waals surface area contributed by atoms with Crippen LogP contribution in [0.25, 0.3) is 21.9 Å². The van der Waals surface area contributed by atoms with Gasteiger partial charge in [-0.3, -0.25) is 0 Å². The molecule has 0 spiro atoms. The van der Waals surface area contributed by atoms with Crippen LogP contribution < -0.4 is 4.74 Å². The maximum Gasteiger partial charge on any atom is 0.352 e. The van der Waals surface area contributed by atoms with Crippen LogP contribution in [0.2, 0.25) is 0 Å². The van der Waals surface area contributed by atoms with E-state index in [0.29, 0.717) is 27.6 Å². The van der Waals surface area contributed by atoms with Crippen LogP contribution in [0, 0.1) is 5.82 Å². The fourth-order valence-corrected chi connectivity index (χ4v) is 2.69. The van der Waals surface area contributed by atoms with Gasteiger partial charge in [0, 0.05) is 21.9 Å². The van der Waals surface area contributed by atoms with E-state index in [-0.39, 0.29) is 42.9 Å². The molecule has 136 valence electrons. The van der Waals surface area contributed by atoms with Crippen LogP contribution in [0.5, 0.6) is 5.75 Å². The van der Waals surface area contributed by atoms with Crippen LogP contribution in [-0.2, 0) is 6.61 Å². The number of aromatic carboxylic acids is 1. The number of hydrogen-bond acceptors (Lipinski definition) is 3. The van der Waals surface area contributed by atoms with Crippen LogP contribution in [-0.4, -0.2) is 16.1 Å². The summed E-state index contributed by atoms with van der Waals surface area (Å²) in [6, 6.07) is 11.1. The van der Waals surface area contributed by atoms with Crippen LogP contribution in [0.1, 0.15) is 16.1 Å². The lowest BCUT2D eigenvalue weighted by atomic mass is 10.2. The fourth-order valence-electron chi connectivity index (χ4n) is 2.69. The molecule has 2 aromatic carbocycles. The zero-order chi connectivity index (χ0) is 16.7. The van der Waals surface area contributed by atoms with Crippen molar-refractivity contribution >= 4 is 52.7 Å². The molecule has 0 amide bonds. The Hall–Kier alpha value is -2.70. The normalized spacial score (nSPS) is 10.3. The molecule has 4 rings (SSSR count). The third kappa shape index (κ3) is 3.47. The van der Waals surface area contributed by atoms with Crippen molar-refractivity contribution in [1.82, 2.24) is 4.98 Å². The lowest BCUT2D eigenvalue weighted by Crippen LogP contribution is -1.95. The van der Waals surface area contributed by atoms with E-state index in [1.54, 1.807) is 24.3 Å². The highest BCUT2D eigenvalue weighted by Crippen LogP contribution is 2.29. The molecule has 2 aromatic heterocycles. The maximum absolute atomic E-state index is 13.4. The van der Waals surface area contributed by atoms with Gasteiger partial charge in [0.15, 0.2) is 0 Å². The zero-order valence-corrected chi connectivity index (χ0v) is 14.8. The second kappa shape index (κ2) is 7.68. The number of carboxylic acid groups (broad SMARTS) is 1. The number of carbonyl (C=O) groups is 1. The SMILES string of the molecule is Cl.Cl.O=C(O)c1cc2c(OCc3coc4ccc(F)cc34)cccc2[nH]1. The van der Waals surface area contributed by atoms with Crippen LogP contribution >= 0.6 is 24.8 Å². The van der Waals surface area contributed by atoms with E-state index in [2.05, 4.69) is 4.98 Å². The molecule has 0 bridgehead atoms. The van der Waals surface area contributed by atoms with Crippen molar-refractivity contribution in [2.45, 2.75) is 6.61 Å². The third-order valence-corrected chi connectivity index (χ3v) is 3.85. The van der Waals surface area contributed by atoms with Crippen molar-refractivity contribution in [2.75, 3.05) is 0 Å². The monoisotopic (exact) mass is 397 g/mol. The molecule has 4 aromatic rings. The molecule has 0 aliphatic rings. The van der Waals surface area contributed by atoms with Gasteiger partial charge in [-0.15, -0.1) is 24.8 Å². The number of halogens is 3. The van der Waals surface area contributed by atoms with Gasteiger partial charge in [0.1, 0.15) is 29.5 Å². The number of nitrogens with one attached hydrogen (secondary N) is 1. The Morgan fingerprint density at radius 1 is 1.15 bits per heavy atom. The smallest absolute Gasteiger partial charge is 0.352 e. The highest BCUT2D eigenvalue weighted by molar-refractivity contribution is 5.96. The van der Waals surface area contributed by atoms with Gasteiger partial charge in [-0.1, -0.05) is 6.07 Å². The molecule has 0 radical (unpaired) electrons. The summed E-state index contributed by atoms with van der Waals surface area (Å²) in [6.07, 6.45) is 1.53. The van der Waals surface area contributed by atoms with E-state index in [4.69, 9.17) is 14.3 Å². The molecular weight excluding hydrogens is 384 g/mol. The number of fused-ring (bicyclic) bond motifs is 2. The Bertz CT molecular complexity index is 1070. The summed E-state index contributed by atoms with van der Waals surface area (Å²) in [7, 11) is 0. The Morgan fingerprint density at radius 3 is 2.73 bits per heavy atom. The number of benzene rings is 2. The van der Waals surface area contributed by atoms with Gasteiger partial charge in [0.05, 0.1) is 6.26 Å². The summed E-state index contributed by atoms with van der Waals surface area (Å²) in [4.78, 5) is 13.9. The first-order valence-corrected chi connectivity index (χ1v) is 7.25. The molecule has 0 aliphatic carbocycles. The summed E-state index contributed by atoms with van der Waals surface area (Å²) in [5, 5.41) is 10.4. The molecule has 0 atom stereocenters. The van der Waals surface area contributed by atoms with Gasteiger partial charge in [-0.05, 0) is 36.4 Å². The Labute approximate surface area is 159 Å². The van der Waals surface area contributed by atoms with E-state index in [9.17, 15) is 9.18 Å². The highest BCUT2D eigenvalue weighted by atomic mass is 35.5. The molecule has 8 heteroatoms. The van der Waals surface area contributed by atoms with E-state index in [0.717, 1.165) is 5.56 Å². The minimum Gasteiger partial charge on any atom is -0.488 e. The Morgan fingerprint density at radius 2 is 1.96 bits per heavy atom. The van der Waals surface area contributed by atoms with Crippen LogP contribution in [0.4, 0.5) is 4.39 Å². The van der Waals surface area contributed by atoms with Gasteiger partial charge < -0.3 is 19.2 Å². The molecule has 2 heterocycles. The van der Waals surface area contributed by atoms with E-state index in [1.807, 2.05) is 0 Å². The molecule has 2 N–H and O–H groups in total. The highest BCUT2D eigenvalue weighted by Gasteiger charge is 2.12. The summed E-state index contributed by atoms with van der Waals surface area (Å²) < 4.78 is 24.6. The van der Waals surface area contributed by atoms with Crippen LogP contribution in [0.3, 0.4) is 0 Å². The topological polar surface area (TPSA) is 75.5 Å². The quantitative estimate of drug-likeness (QED) is 0.497. The predicted molar refractivity (Wildman–Crippen MR) is 100 cm³/mol. The summed E-state index contributed by atoms with van der Waals surface area (Å²) in [5.41, 5.74) is 2.07. The van der Waals surface area contributed by atoms with E-state index in [1.165, 1.54) is 24.5 Å². The second-order valence-corrected chi connectivity index (χ2v) is 5.40. The van der Waals surface area contributed by atoms with Gasteiger partial charge >= 0.3 is 5.97 Å². The molecule has 5 nitrogen and oxygen atoms in total. The van der Waals surface area contributed by atoms with Crippen molar-refractivity contribution in [2.24, 2.45) is 0 Å². The maximum atomic E-state index is 13.4. The van der Waals surface area contributed by atoms with Gasteiger partial charge in [0.25, 0.3) is 0 Å². The Balaban J connectivity index is 0.00000121. The van der Waals surface area contributed by atoms with Crippen LogP contribution in [0.15, 0.2) is 53.1 Å². The summed E-state index contributed by atoms with van der Waals surface area (Å²) in [5.74, 6) is -0.834. The zero-order valence-electron chi connectivity index (χ0n) is 13.2. The average molecular weight is 398 g/mol. The van der Waals surface area contributed by atoms with E-state index < -0.39 is 5.97 Å². The number of rotatable bonds is 4. The molecule has 0 saturated heterocycles. The van der Waals surface area contributed by atoms with Gasteiger partial charge in [0.2, 0.25) is 0 Å². The first-order valence-electron chi connectivity index (χ1n) is 7.25. The molecule has 26 heavy (non-hydrogen) atoms. The Kier molecular flexibility index (Phi) is 5.79. The molecule has 0 aliphatic heterocycles. The number of aromatic nitrogens is 1. The standard InChI is InChI=1S/C18H12FNO4.2ClH/c19-11-4-5-17-12(6-11)10(9-24-17)8-23-16-3-1-2-14-13(16)7-15(20-14)18(21)22;;/h1-7,9,20H,8H2,(H,21,22);2*1H. The number of furan rings is 1. The second-order valence-electron chi connectivity index (χ2n) is 5.40. The molecule has 0 fully saturated rings. The summed E-state index contributed by atoms with van der Waals surface area (Å²) in [6.45, 7) is 0.184. The van der Waals surface area contributed by atoms with Crippen molar-refractivity contribution in [3.05, 3.63) is 65.8 Å². The number of ether oxygens (including phenoxy) is 1. The molecule has 0 unspecified atom stereocenters. The third-order valence-electron chi connectivity index (χ3n) is 3.85. The lowest BCUT2D eigenvalue weighted by Gasteiger charge is -2.06. The fraction of sp³-hybridized carbons (Fsp3) is 0.0556. The largest absolute Gasteiger partial charge is 0.488 e. The number of carboxylic acids is 1. The predicted octanol–water partition coefficient (Wildman–Crippen LogP) is 5.17. The minimum absolute atomic E-state index is 0. The van der Waals surface area contributed by atoms with Crippen molar-refractivity contribution < 1.29 is 23.4 Å². The molecular formula is C18H14Cl2FNO4. The van der Waals surface area contributed by atoms with Gasteiger partial charge in [-0.2, -0.15) is 0 Å². The summed E-state index contributed by atoms with van der Waals surface area (Å²) >= 11 is 0. The van der Waals surface area contributed by atoms with E-state index >= 15 is 0 Å². The van der Waals surface area contributed by atoms with Crippen molar-refractivity contribution in [1.29, 1.82) is 0 Å². The lowest BCUT2D eigenvalue weighted by molar-refractivity contribution is 0.0691. The number of aromatic amines is 1. The number of H-pyrrole nitrogens is 1. The van der Waals surface area contributed by atoms with Crippen molar-refractivity contribution in [3.8, 4) is 5.75 Å². The van der Waals surface area contributed by atoms with Gasteiger partial charge in [-0.25, -0.2) is 9.18 Å². The average Bonchev–Trinajstić information content (AvgIpc) is 3.16. The first-order chi connectivity index (χ1) is 11.6. The van der Waals surface area contributed by atoms with Crippen molar-refractivity contribution in [3.63, 3.8) is 0 Å².